The Balaban J connectivity index is 1.62. The van der Waals surface area contributed by atoms with E-state index >= 15 is 0 Å². The fourth-order valence-electron chi connectivity index (χ4n) is 2.21. The Labute approximate surface area is 128 Å². The molecule has 1 aromatic carbocycles. The van der Waals surface area contributed by atoms with Gasteiger partial charge in [-0.2, -0.15) is 0 Å². The zero-order valence-corrected chi connectivity index (χ0v) is 12.5. The average Bonchev–Trinajstić information content (AvgIpc) is 2.46. The standard InChI is InChI=1S/C15H15N3O3S/c19-15(14-8-4-5-9-16-14)18-10-13(11-18)22(20,21)17-12-6-2-1-3-7-12/h1-9,13,17H,10-11H2. The molecule has 0 aliphatic carbocycles. The lowest BCUT2D eigenvalue weighted by Gasteiger charge is -2.38. The van der Waals surface area contributed by atoms with Crippen LogP contribution in [0.2, 0.25) is 0 Å². The number of hydrogen-bond acceptors (Lipinski definition) is 4. The van der Waals surface area contributed by atoms with Crippen molar-refractivity contribution in [2.45, 2.75) is 5.25 Å². The van der Waals surface area contributed by atoms with Crippen LogP contribution >= 0.6 is 0 Å². The van der Waals surface area contributed by atoms with Crippen molar-refractivity contribution in [2.75, 3.05) is 17.8 Å². The highest BCUT2D eigenvalue weighted by Crippen LogP contribution is 2.20. The first-order valence-electron chi connectivity index (χ1n) is 6.83. The van der Waals surface area contributed by atoms with Gasteiger partial charge in [0.1, 0.15) is 10.9 Å². The predicted octanol–water partition coefficient (Wildman–Crippen LogP) is 1.35. The van der Waals surface area contributed by atoms with Crippen molar-refractivity contribution >= 4 is 21.6 Å². The number of anilines is 1. The first-order valence-corrected chi connectivity index (χ1v) is 8.38. The van der Waals surface area contributed by atoms with Gasteiger partial charge in [0, 0.05) is 25.0 Å². The number of rotatable bonds is 4. The summed E-state index contributed by atoms with van der Waals surface area (Å²) in [7, 11) is -3.49. The molecule has 22 heavy (non-hydrogen) atoms. The zero-order valence-electron chi connectivity index (χ0n) is 11.7. The average molecular weight is 317 g/mol. The molecule has 6 nitrogen and oxygen atoms in total. The minimum atomic E-state index is -3.49. The molecule has 2 heterocycles. The second-order valence-corrected chi connectivity index (χ2v) is 7.02. The highest BCUT2D eigenvalue weighted by molar-refractivity contribution is 7.93. The van der Waals surface area contributed by atoms with Crippen molar-refractivity contribution in [1.82, 2.24) is 9.88 Å². The number of nitrogens with zero attached hydrogens (tertiary/aromatic N) is 2. The number of amides is 1. The molecule has 1 saturated heterocycles. The van der Waals surface area contributed by atoms with Crippen molar-refractivity contribution in [3.63, 3.8) is 0 Å². The first-order chi connectivity index (χ1) is 10.6. The minimum absolute atomic E-state index is 0.178. The molecule has 0 radical (unpaired) electrons. The number of pyridine rings is 1. The van der Waals surface area contributed by atoms with E-state index in [-0.39, 0.29) is 19.0 Å². The maximum absolute atomic E-state index is 12.2. The van der Waals surface area contributed by atoms with Gasteiger partial charge in [-0.3, -0.25) is 14.5 Å². The maximum atomic E-state index is 12.2. The van der Waals surface area contributed by atoms with Gasteiger partial charge in [0.25, 0.3) is 5.91 Å². The fraction of sp³-hybridized carbons (Fsp3) is 0.200. The van der Waals surface area contributed by atoms with Crippen LogP contribution in [0, 0.1) is 0 Å². The van der Waals surface area contributed by atoms with Crippen LogP contribution in [-0.2, 0) is 10.0 Å². The number of likely N-dealkylation sites (tertiary alicyclic amines) is 1. The van der Waals surface area contributed by atoms with Crippen LogP contribution in [0.25, 0.3) is 0 Å². The summed E-state index contributed by atoms with van der Waals surface area (Å²) in [4.78, 5) is 17.6. The summed E-state index contributed by atoms with van der Waals surface area (Å²) < 4.78 is 27.0. The van der Waals surface area contributed by atoms with E-state index in [0.29, 0.717) is 11.4 Å². The Hall–Kier alpha value is -2.41. The molecule has 1 aliphatic rings. The van der Waals surface area contributed by atoms with Crippen LogP contribution in [0.5, 0.6) is 0 Å². The van der Waals surface area contributed by atoms with Crippen molar-refractivity contribution in [2.24, 2.45) is 0 Å². The highest BCUT2D eigenvalue weighted by Gasteiger charge is 2.40. The van der Waals surface area contributed by atoms with Crippen LogP contribution in [0.15, 0.2) is 54.7 Å². The smallest absolute Gasteiger partial charge is 0.272 e. The van der Waals surface area contributed by atoms with Crippen LogP contribution in [-0.4, -0.2) is 42.5 Å². The summed E-state index contributed by atoms with van der Waals surface area (Å²) in [5.74, 6) is -0.244. The molecule has 2 aromatic rings. The monoisotopic (exact) mass is 317 g/mol. The Kier molecular flexibility index (Phi) is 3.81. The van der Waals surface area contributed by atoms with Crippen LogP contribution in [0.1, 0.15) is 10.5 Å². The van der Waals surface area contributed by atoms with Gasteiger partial charge in [-0.15, -0.1) is 0 Å². The summed E-state index contributed by atoms with van der Waals surface area (Å²) in [6.45, 7) is 0.356. The lowest BCUT2D eigenvalue weighted by atomic mass is 10.2. The largest absolute Gasteiger partial charge is 0.334 e. The molecule has 1 aromatic heterocycles. The lowest BCUT2D eigenvalue weighted by Crippen LogP contribution is -2.58. The SMILES string of the molecule is O=C(c1ccccn1)N1CC(S(=O)(=O)Nc2ccccc2)C1. The van der Waals surface area contributed by atoms with E-state index in [4.69, 9.17) is 0 Å². The van der Waals surface area contributed by atoms with Crippen LogP contribution < -0.4 is 4.72 Å². The quantitative estimate of drug-likeness (QED) is 0.923. The van der Waals surface area contributed by atoms with Gasteiger partial charge < -0.3 is 4.90 Å². The number of carbonyl (C=O) groups is 1. The van der Waals surface area contributed by atoms with E-state index < -0.39 is 15.3 Å². The van der Waals surface area contributed by atoms with E-state index in [9.17, 15) is 13.2 Å². The van der Waals surface area contributed by atoms with Crippen LogP contribution in [0.3, 0.4) is 0 Å². The molecular weight excluding hydrogens is 302 g/mol. The molecule has 1 N–H and O–H groups in total. The van der Waals surface area contributed by atoms with E-state index in [0.717, 1.165) is 0 Å². The highest BCUT2D eigenvalue weighted by atomic mass is 32.2. The fourth-order valence-corrected chi connectivity index (χ4v) is 3.59. The Morgan fingerprint density at radius 3 is 2.41 bits per heavy atom. The van der Waals surface area contributed by atoms with Gasteiger partial charge in [0.15, 0.2) is 0 Å². The molecule has 0 bridgehead atoms. The number of carbonyl (C=O) groups excluding carboxylic acids is 1. The molecule has 1 aliphatic heterocycles. The second-order valence-electron chi connectivity index (χ2n) is 5.06. The van der Waals surface area contributed by atoms with Gasteiger partial charge in [-0.1, -0.05) is 24.3 Å². The summed E-state index contributed by atoms with van der Waals surface area (Å²) in [6, 6.07) is 13.8. The van der Waals surface area contributed by atoms with Gasteiger partial charge in [0.2, 0.25) is 10.0 Å². The molecule has 0 unspecified atom stereocenters. The predicted molar refractivity (Wildman–Crippen MR) is 82.9 cm³/mol. The molecule has 0 saturated carbocycles. The molecule has 1 amide bonds. The van der Waals surface area contributed by atoms with E-state index in [1.165, 1.54) is 11.1 Å². The lowest BCUT2D eigenvalue weighted by molar-refractivity contribution is 0.0653. The molecular formula is C15H15N3O3S. The summed E-state index contributed by atoms with van der Waals surface area (Å²) in [5, 5.41) is -0.597. The van der Waals surface area contributed by atoms with E-state index in [2.05, 4.69) is 9.71 Å². The topological polar surface area (TPSA) is 79.4 Å². The van der Waals surface area contributed by atoms with Gasteiger partial charge >= 0.3 is 0 Å². The molecule has 7 heteroatoms. The normalized spacial score (nSPS) is 15.2. The molecule has 0 spiro atoms. The van der Waals surface area contributed by atoms with E-state index in [1.807, 2.05) is 6.07 Å². The third-order valence-electron chi connectivity index (χ3n) is 3.49. The first kappa shape index (κ1) is 14.5. The number of nitrogens with one attached hydrogen (secondary N) is 1. The molecule has 0 atom stereocenters. The van der Waals surface area contributed by atoms with Crippen molar-refractivity contribution in [3.05, 3.63) is 60.4 Å². The Morgan fingerprint density at radius 1 is 1.09 bits per heavy atom. The summed E-state index contributed by atoms with van der Waals surface area (Å²) in [5.41, 5.74) is 0.853. The zero-order chi connectivity index (χ0) is 15.6. The van der Waals surface area contributed by atoms with E-state index in [1.54, 1.807) is 42.5 Å². The Morgan fingerprint density at radius 2 is 1.77 bits per heavy atom. The minimum Gasteiger partial charge on any atom is -0.334 e. The Bertz CT molecular complexity index is 757. The third kappa shape index (κ3) is 2.94. The van der Waals surface area contributed by atoms with Crippen LogP contribution in [0.4, 0.5) is 5.69 Å². The van der Waals surface area contributed by atoms with Gasteiger partial charge in [-0.05, 0) is 24.3 Å². The van der Waals surface area contributed by atoms with Crippen molar-refractivity contribution < 1.29 is 13.2 Å². The van der Waals surface area contributed by atoms with Gasteiger partial charge in [-0.25, -0.2) is 8.42 Å². The summed E-state index contributed by atoms with van der Waals surface area (Å²) in [6.07, 6.45) is 1.54. The molecule has 114 valence electrons. The number of hydrogen-bond donors (Lipinski definition) is 1. The molecule has 1 fully saturated rings. The maximum Gasteiger partial charge on any atom is 0.272 e. The van der Waals surface area contributed by atoms with Gasteiger partial charge in [0.05, 0.1) is 0 Å². The number of sulfonamides is 1. The second kappa shape index (κ2) is 5.76. The molecule has 3 rings (SSSR count). The number of benzene rings is 1. The van der Waals surface area contributed by atoms with Crippen molar-refractivity contribution in [3.8, 4) is 0 Å². The number of aromatic nitrogens is 1. The number of para-hydroxylation sites is 1. The van der Waals surface area contributed by atoms with Crippen molar-refractivity contribution in [1.29, 1.82) is 0 Å². The third-order valence-corrected chi connectivity index (χ3v) is 5.19. The summed E-state index contributed by atoms with van der Waals surface area (Å²) >= 11 is 0.